The van der Waals surface area contributed by atoms with E-state index in [0.717, 1.165) is 6.42 Å². The molecule has 2 aliphatic rings. The van der Waals surface area contributed by atoms with Crippen LogP contribution in [0.15, 0.2) is 54.9 Å². The summed E-state index contributed by atoms with van der Waals surface area (Å²) in [5, 5.41) is 12.8. The number of halogens is 4. The van der Waals surface area contributed by atoms with Crippen LogP contribution in [-0.4, -0.2) is 61.5 Å². The highest BCUT2D eigenvalue weighted by atomic mass is 35.5. The molecule has 4 heterocycles. The van der Waals surface area contributed by atoms with Crippen LogP contribution in [-0.2, 0) is 27.7 Å². The molecule has 0 radical (unpaired) electrons. The summed E-state index contributed by atoms with van der Waals surface area (Å²) in [4.78, 5) is 20.1. The van der Waals surface area contributed by atoms with Gasteiger partial charge in [0.15, 0.2) is 11.6 Å². The van der Waals surface area contributed by atoms with Gasteiger partial charge in [0.05, 0.1) is 40.0 Å². The standard InChI is InChI=1S/C35H36Cl2F2N6O4S/c1-49-29-16-21(15-27(38)26(29)19-40-18-23-5-6-30(46)44-23)34-32(37)25(8-12-41-34)24-3-2-4-28(31(24)36)45-35-33(39)20(7-11-42-35)17-43-22-9-13-50(47,48)14-10-22/h2-4,7-8,11-12,15-16,22-23,40,43H,5-6,9-10,13-14,17-19H2,1H3,(H,42,45)(H,44,46)/t23-/m0/s1. The van der Waals surface area contributed by atoms with Crippen molar-refractivity contribution in [3.05, 3.63) is 87.7 Å². The van der Waals surface area contributed by atoms with Gasteiger partial charge in [-0.3, -0.25) is 9.78 Å². The number of hydrogen-bond donors (Lipinski definition) is 4. The van der Waals surface area contributed by atoms with Crippen LogP contribution in [0.4, 0.5) is 20.3 Å². The molecule has 2 saturated heterocycles. The third-order valence-electron chi connectivity index (χ3n) is 8.96. The fraction of sp³-hybridized carbons (Fsp3) is 0.343. The minimum Gasteiger partial charge on any atom is -0.496 e. The van der Waals surface area contributed by atoms with Gasteiger partial charge in [-0.25, -0.2) is 22.2 Å². The highest BCUT2D eigenvalue weighted by Crippen LogP contribution is 2.42. The van der Waals surface area contributed by atoms with Crippen molar-refractivity contribution < 1.29 is 26.7 Å². The number of ether oxygens (including phenoxy) is 1. The van der Waals surface area contributed by atoms with Crippen molar-refractivity contribution in [3.63, 3.8) is 0 Å². The minimum absolute atomic E-state index is 0.00215. The number of anilines is 2. The zero-order valence-corrected chi connectivity index (χ0v) is 29.5. The molecule has 50 heavy (non-hydrogen) atoms. The molecule has 2 aromatic carbocycles. The molecule has 10 nitrogen and oxygen atoms in total. The number of amides is 1. The fourth-order valence-corrected chi connectivity index (χ4v) is 8.27. The lowest BCUT2D eigenvalue weighted by molar-refractivity contribution is -0.119. The Bertz CT molecular complexity index is 2010. The topological polar surface area (TPSA) is 134 Å². The molecule has 2 aliphatic heterocycles. The van der Waals surface area contributed by atoms with Crippen molar-refractivity contribution >= 4 is 50.5 Å². The first-order chi connectivity index (χ1) is 24.0. The Morgan fingerprint density at radius 3 is 2.48 bits per heavy atom. The Kier molecular flexibility index (Phi) is 11.2. The van der Waals surface area contributed by atoms with E-state index in [4.69, 9.17) is 27.9 Å². The first kappa shape index (κ1) is 35.9. The number of carbonyl (C=O) groups excluding carboxylic acids is 1. The molecule has 0 saturated carbocycles. The summed E-state index contributed by atoms with van der Waals surface area (Å²) >= 11 is 13.8. The number of benzene rings is 2. The summed E-state index contributed by atoms with van der Waals surface area (Å²) in [5.74, 6) is -0.530. The van der Waals surface area contributed by atoms with Gasteiger partial charge in [0.2, 0.25) is 5.91 Å². The second-order valence-electron chi connectivity index (χ2n) is 12.3. The highest BCUT2D eigenvalue weighted by Gasteiger charge is 2.25. The van der Waals surface area contributed by atoms with Gasteiger partial charge in [-0.1, -0.05) is 35.3 Å². The molecule has 2 fully saturated rings. The first-order valence-corrected chi connectivity index (χ1v) is 18.7. The van der Waals surface area contributed by atoms with Gasteiger partial charge >= 0.3 is 0 Å². The van der Waals surface area contributed by atoms with Crippen LogP contribution in [0.1, 0.15) is 36.8 Å². The maximum absolute atomic E-state index is 15.6. The Hall–Kier alpha value is -3.88. The SMILES string of the molecule is COc1cc(-c2nccc(-c3cccc(Nc4nccc(CNC5CCS(=O)(=O)CC5)c4F)c3Cl)c2Cl)cc(F)c1CNC[C@@H]1CCC(=O)N1. The van der Waals surface area contributed by atoms with E-state index in [9.17, 15) is 13.2 Å². The van der Waals surface area contributed by atoms with Crippen molar-refractivity contribution in [2.75, 3.05) is 30.5 Å². The lowest BCUT2D eigenvalue weighted by atomic mass is 10.0. The quantitative estimate of drug-likeness (QED) is 0.134. The molecule has 4 aromatic rings. The number of nitrogens with one attached hydrogen (secondary N) is 4. The van der Waals surface area contributed by atoms with Crippen LogP contribution >= 0.6 is 23.2 Å². The predicted molar refractivity (Wildman–Crippen MR) is 191 cm³/mol. The van der Waals surface area contributed by atoms with E-state index in [2.05, 4.69) is 31.2 Å². The predicted octanol–water partition coefficient (Wildman–Crippen LogP) is 6.18. The Morgan fingerprint density at radius 2 is 1.74 bits per heavy atom. The zero-order valence-electron chi connectivity index (χ0n) is 27.2. The van der Waals surface area contributed by atoms with Gasteiger partial charge < -0.3 is 26.0 Å². The van der Waals surface area contributed by atoms with Crippen LogP contribution in [0.3, 0.4) is 0 Å². The molecule has 0 aliphatic carbocycles. The maximum atomic E-state index is 15.6. The summed E-state index contributed by atoms with van der Waals surface area (Å²) in [6.45, 7) is 0.905. The second-order valence-corrected chi connectivity index (χ2v) is 15.4. The Balaban J connectivity index is 1.20. The summed E-state index contributed by atoms with van der Waals surface area (Å²) in [6.07, 6.45) is 5.21. The number of rotatable bonds is 12. The summed E-state index contributed by atoms with van der Waals surface area (Å²) in [6, 6.07) is 11.4. The van der Waals surface area contributed by atoms with Crippen LogP contribution in [0.5, 0.6) is 5.75 Å². The van der Waals surface area contributed by atoms with E-state index < -0.39 is 21.5 Å². The normalized spacial score (nSPS) is 17.5. The van der Waals surface area contributed by atoms with E-state index in [1.807, 2.05) is 0 Å². The van der Waals surface area contributed by atoms with Crippen LogP contribution < -0.4 is 26.0 Å². The van der Waals surface area contributed by atoms with Crippen LogP contribution in [0.2, 0.25) is 10.0 Å². The minimum atomic E-state index is -3.00. The van der Waals surface area contributed by atoms with E-state index in [1.54, 1.807) is 42.6 Å². The number of sulfone groups is 1. The molecule has 15 heteroatoms. The van der Waals surface area contributed by atoms with Crippen molar-refractivity contribution in [1.29, 1.82) is 0 Å². The summed E-state index contributed by atoms with van der Waals surface area (Å²) < 4.78 is 60.1. The Morgan fingerprint density at radius 1 is 0.980 bits per heavy atom. The van der Waals surface area contributed by atoms with Gasteiger partial charge in [0.25, 0.3) is 0 Å². The molecule has 0 spiro atoms. The third kappa shape index (κ3) is 8.18. The molecule has 264 valence electrons. The van der Waals surface area contributed by atoms with E-state index in [-0.39, 0.29) is 58.4 Å². The van der Waals surface area contributed by atoms with Crippen molar-refractivity contribution in [3.8, 4) is 28.1 Å². The average Bonchev–Trinajstić information content (AvgIpc) is 3.52. The highest BCUT2D eigenvalue weighted by molar-refractivity contribution is 7.91. The second kappa shape index (κ2) is 15.6. The van der Waals surface area contributed by atoms with Crippen molar-refractivity contribution in [1.82, 2.24) is 25.9 Å². The molecular formula is C35H36Cl2F2N6O4S. The number of pyridine rings is 2. The van der Waals surface area contributed by atoms with Gasteiger partial charge in [-0.2, -0.15) is 0 Å². The molecule has 1 atom stereocenters. The number of nitrogens with zero attached hydrogens (tertiary/aromatic N) is 2. The number of hydrogen-bond acceptors (Lipinski definition) is 9. The van der Waals surface area contributed by atoms with Crippen molar-refractivity contribution in [2.24, 2.45) is 0 Å². The lowest BCUT2D eigenvalue weighted by Crippen LogP contribution is -2.37. The smallest absolute Gasteiger partial charge is 0.220 e. The zero-order chi connectivity index (χ0) is 35.4. The lowest BCUT2D eigenvalue weighted by Gasteiger charge is -2.23. The van der Waals surface area contributed by atoms with Crippen LogP contribution in [0, 0.1) is 11.6 Å². The molecule has 6 rings (SSSR count). The number of aromatic nitrogens is 2. The Labute approximate surface area is 299 Å². The number of carbonyl (C=O) groups is 1. The molecule has 2 aromatic heterocycles. The van der Waals surface area contributed by atoms with Gasteiger partial charge in [0, 0.05) is 78.3 Å². The van der Waals surface area contributed by atoms with Crippen LogP contribution in [0.25, 0.3) is 22.4 Å². The number of methoxy groups -OCH3 is 1. The first-order valence-electron chi connectivity index (χ1n) is 16.2. The molecule has 4 N–H and O–H groups in total. The summed E-state index contributed by atoms with van der Waals surface area (Å²) in [5.41, 5.74) is 2.85. The maximum Gasteiger partial charge on any atom is 0.220 e. The monoisotopic (exact) mass is 744 g/mol. The fourth-order valence-electron chi connectivity index (χ4n) is 6.18. The molecule has 0 unspecified atom stereocenters. The van der Waals surface area contributed by atoms with Crippen molar-refractivity contribution in [2.45, 2.75) is 50.9 Å². The van der Waals surface area contributed by atoms with E-state index >= 15 is 8.78 Å². The average molecular weight is 746 g/mol. The largest absolute Gasteiger partial charge is 0.496 e. The van der Waals surface area contributed by atoms with Gasteiger partial charge in [-0.15, -0.1) is 0 Å². The third-order valence-corrected chi connectivity index (χ3v) is 11.5. The molecule has 1 amide bonds. The van der Waals surface area contributed by atoms with E-state index in [0.29, 0.717) is 70.8 Å². The van der Waals surface area contributed by atoms with E-state index in [1.165, 1.54) is 19.4 Å². The molecular weight excluding hydrogens is 709 g/mol. The van der Waals surface area contributed by atoms with Gasteiger partial charge in [0.1, 0.15) is 21.4 Å². The molecule has 0 bridgehead atoms. The van der Waals surface area contributed by atoms with Gasteiger partial charge in [-0.05, 0) is 49.6 Å². The summed E-state index contributed by atoms with van der Waals surface area (Å²) in [7, 11) is -1.54.